The summed E-state index contributed by atoms with van der Waals surface area (Å²) in [7, 11) is 0. The third-order valence-corrected chi connectivity index (χ3v) is 5.57. The Hall–Kier alpha value is -2.74. The summed E-state index contributed by atoms with van der Waals surface area (Å²) in [5.41, 5.74) is -0.0887. The highest BCUT2D eigenvalue weighted by Gasteiger charge is 2.39. The van der Waals surface area contributed by atoms with Gasteiger partial charge in [-0.2, -0.15) is 0 Å². The normalized spacial score (nSPS) is 19.5. The van der Waals surface area contributed by atoms with Crippen LogP contribution in [0.15, 0.2) is 35.7 Å². The van der Waals surface area contributed by atoms with E-state index in [2.05, 4.69) is 10.3 Å². The fourth-order valence-corrected chi connectivity index (χ4v) is 3.93. The van der Waals surface area contributed by atoms with E-state index in [1.807, 2.05) is 25.1 Å². The van der Waals surface area contributed by atoms with Crippen LogP contribution < -0.4 is 5.32 Å². The van der Waals surface area contributed by atoms with Gasteiger partial charge in [-0.25, -0.2) is 9.78 Å². The van der Waals surface area contributed by atoms with Crippen molar-refractivity contribution in [3.63, 3.8) is 0 Å². The molecule has 2 aromatic rings. The molecule has 27 heavy (non-hydrogen) atoms. The number of hydrogen-bond acceptors (Lipinski definition) is 5. The van der Waals surface area contributed by atoms with Gasteiger partial charge in [-0.15, -0.1) is 11.3 Å². The first-order valence-corrected chi connectivity index (χ1v) is 9.57. The number of piperidine rings is 1. The molecule has 8 heteroatoms. The summed E-state index contributed by atoms with van der Waals surface area (Å²) in [6, 6.07) is 9.05. The molecule has 1 aliphatic rings. The molecule has 1 unspecified atom stereocenters. The van der Waals surface area contributed by atoms with E-state index in [0.717, 1.165) is 6.42 Å². The Labute approximate surface area is 161 Å². The summed E-state index contributed by atoms with van der Waals surface area (Å²) in [6.07, 6.45) is 1.44. The van der Waals surface area contributed by atoms with Crippen molar-refractivity contribution in [1.82, 2.24) is 15.2 Å². The first-order valence-electron chi connectivity index (χ1n) is 8.69. The van der Waals surface area contributed by atoms with Gasteiger partial charge in [-0.3, -0.25) is 9.59 Å². The molecule has 2 heterocycles. The second kappa shape index (κ2) is 7.87. The maximum absolute atomic E-state index is 12.7. The zero-order valence-electron chi connectivity index (χ0n) is 15.0. The van der Waals surface area contributed by atoms with Gasteiger partial charge in [0, 0.05) is 24.0 Å². The molecular formula is C19H21N3O4S. The standard InChI is InChI=1S/C19H21N3O4S/c1-19(18(26)20-10-15-21-14(11-27-15)17(24)25)8-5-9-22(12-19)16(23)13-6-3-2-4-7-13/h2-4,6-7,11H,5,8-10,12H2,1H3,(H,20,26)(H,24,25). The second-order valence-electron chi connectivity index (χ2n) is 6.87. The van der Waals surface area contributed by atoms with Crippen LogP contribution in [0, 0.1) is 5.41 Å². The van der Waals surface area contributed by atoms with E-state index in [-0.39, 0.29) is 24.1 Å². The van der Waals surface area contributed by atoms with Gasteiger partial charge in [0.1, 0.15) is 5.01 Å². The van der Waals surface area contributed by atoms with Crippen molar-refractivity contribution >= 4 is 29.1 Å². The summed E-state index contributed by atoms with van der Waals surface area (Å²) in [6.45, 7) is 3.02. The molecule has 0 radical (unpaired) electrons. The fourth-order valence-electron chi connectivity index (χ4n) is 3.22. The van der Waals surface area contributed by atoms with Gasteiger partial charge in [0.25, 0.3) is 5.91 Å². The number of thiazole rings is 1. The smallest absolute Gasteiger partial charge is 0.355 e. The quantitative estimate of drug-likeness (QED) is 0.821. The van der Waals surface area contributed by atoms with Gasteiger partial charge < -0.3 is 15.3 Å². The maximum Gasteiger partial charge on any atom is 0.355 e. The van der Waals surface area contributed by atoms with E-state index in [1.165, 1.54) is 16.7 Å². The number of rotatable bonds is 5. The lowest BCUT2D eigenvalue weighted by Gasteiger charge is -2.39. The number of carbonyl (C=O) groups excluding carboxylic acids is 2. The molecular weight excluding hydrogens is 366 g/mol. The molecule has 1 fully saturated rings. The topological polar surface area (TPSA) is 99.6 Å². The van der Waals surface area contributed by atoms with Gasteiger partial charge in [0.2, 0.25) is 5.91 Å². The van der Waals surface area contributed by atoms with Crippen molar-refractivity contribution < 1.29 is 19.5 Å². The van der Waals surface area contributed by atoms with E-state index in [1.54, 1.807) is 17.0 Å². The van der Waals surface area contributed by atoms with E-state index < -0.39 is 11.4 Å². The zero-order chi connectivity index (χ0) is 19.4. The highest BCUT2D eigenvalue weighted by atomic mass is 32.1. The SMILES string of the molecule is CC1(C(=O)NCc2nc(C(=O)O)cs2)CCCN(C(=O)c2ccccc2)C1. The lowest BCUT2D eigenvalue weighted by Crippen LogP contribution is -2.51. The van der Waals surface area contributed by atoms with Gasteiger partial charge >= 0.3 is 5.97 Å². The number of carbonyl (C=O) groups is 3. The Kier molecular flexibility index (Phi) is 5.55. The van der Waals surface area contributed by atoms with E-state index >= 15 is 0 Å². The number of amides is 2. The van der Waals surface area contributed by atoms with Crippen LogP contribution in [0.1, 0.15) is 45.6 Å². The number of nitrogens with one attached hydrogen (secondary N) is 1. The number of likely N-dealkylation sites (tertiary alicyclic amines) is 1. The number of nitrogens with zero attached hydrogens (tertiary/aromatic N) is 2. The van der Waals surface area contributed by atoms with Crippen molar-refractivity contribution in [1.29, 1.82) is 0 Å². The molecule has 0 spiro atoms. The van der Waals surface area contributed by atoms with Crippen molar-refractivity contribution in [3.8, 4) is 0 Å². The molecule has 142 valence electrons. The monoisotopic (exact) mass is 387 g/mol. The number of aromatic nitrogens is 1. The Morgan fingerprint density at radius 3 is 2.70 bits per heavy atom. The van der Waals surface area contributed by atoms with Crippen molar-refractivity contribution in [2.45, 2.75) is 26.3 Å². The van der Waals surface area contributed by atoms with E-state index in [4.69, 9.17) is 5.11 Å². The lowest BCUT2D eigenvalue weighted by molar-refractivity contribution is -0.132. The number of carboxylic acids is 1. The number of carboxylic acid groups (broad SMARTS) is 1. The van der Waals surface area contributed by atoms with E-state index in [0.29, 0.717) is 30.1 Å². The number of aromatic carboxylic acids is 1. The Morgan fingerprint density at radius 2 is 2.04 bits per heavy atom. The molecule has 0 saturated carbocycles. The summed E-state index contributed by atoms with van der Waals surface area (Å²) in [4.78, 5) is 42.0. The van der Waals surface area contributed by atoms with Gasteiger partial charge in [-0.05, 0) is 31.9 Å². The van der Waals surface area contributed by atoms with Crippen LogP contribution >= 0.6 is 11.3 Å². The third kappa shape index (κ3) is 4.33. The highest BCUT2D eigenvalue weighted by molar-refractivity contribution is 7.09. The molecule has 1 aromatic carbocycles. The third-order valence-electron chi connectivity index (χ3n) is 4.72. The van der Waals surface area contributed by atoms with Crippen LogP contribution in [0.2, 0.25) is 0 Å². The maximum atomic E-state index is 12.7. The van der Waals surface area contributed by atoms with Crippen molar-refractivity contribution in [3.05, 3.63) is 52.0 Å². The van der Waals surface area contributed by atoms with Crippen LogP contribution in [0.3, 0.4) is 0 Å². The predicted molar refractivity (Wildman–Crippen MR) is 101 cm³/mol. The van der Waals surface area contributed by atoms with E-state index in [9.17, 15) is 14.4 Å². The molecule has 7 nitrogen and oxygen atoms in total. The van der Waals surface area contributed by atoms with Crippen molar-refractivity contribution in [2.24, 2.45) is 5.41 Å². The minimum Gasteiger partial charge on any atom is -0.476 e. The molecule has 1 aliphatic heterocycles. The summed E-state index contributed by atoms with van der Waals surface area (Å²) in [5.74, 6) is -1.31. The molecule has 0 bridgehead atoms. The molecule has 1 atom stereocenters. The molecule has 0 aliphatic carbocycles. The van der Waals surface area contributed by atoms with Gasteiger partial charge in [0.15, 0.2) is 5.69 Å². The Bertz CT molecular complexity index is 852. The summed E-state index contributed by atoms with van der Waals surface area (Å²) in [5, 5.41) is 13.7. The second-order valence-corrected chi connectivity index (χ2v) is 7.81. The summed E-state index contributed by atoms with van der Waals surface area (Å²) >= 11 is 1.20. The number of hydrogen-bond donors (Lipinski definition) is 2. The highest BCUT2D eigenvalue weighted by Crippen LogP contribution is 2.30. The van der Waals surface area contributed by atoms with Crippen LogP contribution in [0.25, 0.3) is 0 Å². The Balaban J connectivity index is 1.62. The molecule has 2 N–H and O–H groups in total. The number of benzene rings is 1. The first kappa shape index (κ1) is 19.0. The first-order chi connectivity index (χ1) is 12.9. The zero-order valence-corrected chi connectivity index (χ0v) is 15.8. The molecule has 2 amide bonds. The molecule has 3 rings (SSSR count). The van der Waals surface area contributed by atoms with Crippen LogP contribution in [-0.2, 0) is 11.3 Å². The molecule has 1 saturated heterocycles. The van der Waals surface area contributed by atoms with Crippen LogP contribution in [0.5, 0.6) is 0 Å². The van der Waals surface area contributed by atoms with Gasteiger partial charge in [0.05, 0.1) is 12.0 Å². The minimum absolute atomic E-state index is 0.0206. The summed E-state index contributed by atoms with van der Waals surface area (Å²) < 4.78 is 0. The van der Waals surface area contributed by atoms with Crippen molar-refractivity contribution in [2.75, 3.05) is 13.1 Å². The van der Waals surface area contributed by atoms with Crippen LogP contribution in [-0.4, -0.2) is 45.9 Å². The lowest BCUT2D eigenvalue weighted by atomic mass is 9.80. The molecule has 1 aromatic heterocycles. The van der Waals surface area contributed by atoms with Gasteiger partial charge in [-0.1, -0.05) is 18.2 Å². The minimum atomic E-state index is -1.09. The fraction of sp³-hybridized carbons (Fsp3) is 0.368. The average molecular weight is 387 g/mol. The van der Waals surface area contributed by atoms with Crippen LogP contribution in [0.4, 0.5) is 0 Å². The average Bonchev–Trinajstić information content (AvgIpc) is 3.15. The predicted octanol–water partition coefficient (Wildman–Crippen LogP) is 2.40. The Morgan fingerprint density at radius 1 is 1.30 bits per heavy atom. The largest absolute Gasteiger partial charge is 0.476 e.